The molecule has 0 radical (unpaired) electrons. The number of halogens is 1. The smallest absolute Gasteiger partial charge is 0.211 e. The van der Waals surface area contributed by atoms with Crippen LogP contribution in [0.4, 0.5) is 0 Å². The number of sulfonamides is 1. The zero-order chi connectivity index (χ0) is 19.5. The molecule has 0 saturated carbocycles. The van der Waals surface area contributed by atoms with E-state index in [-0.39, 0.29) is 30.0 Å². The molecule has 0 spiro atoms. The topological polar surface area (TPSA) is 82.8 Å². The lowest BCUT2D eigenvalue weighted by Crippen LogP contribution is -2.46. The minimum Gasteiger partial charge on any atom is -0.355 e. The third kappa shape index (κ3) is 6.31. The Hall–Kier alpha value is -0.880. The van der Waals surface area contributed by atoms with Crippen molar-refractivity contribution in [2.24, 2.45) is 12.0 Å². The van der Waals surface area contributed by atoms with Crippen LogP contribution >= 0.6 is 24.0 Å². The predicted molar refractivity (Wildman–Crippen MR) is 120 cm³/mol. The van der Waals surface area contributed by atoms with Crippen molar-refractivity contribution >= 4 is 40.0 Å². The maximum atomic E-state index is 11.9. The fraction of sp³-hybridized carbons (Fsp3) is 0.765. The first-order valence-corrected chi connectivity index (χ1v) is 10.9. The van der Waals surface area contributed by atoms with Gasteiger partial charge in [-0.25, -0.2) is 8.42 Å². The van der Waals surface area contributed by atoms with E-state index in [1.165, 1.54) is 11.8 Å². The third-order valence-corrected chi connectivity index (χ3v) is 6.04. The second kappa shape index (κ2) is 10.1. The summed E-state index contributed by atoms with van der Waals surface area (Å²) >= 11 is 0. The Morgan fingerprint density at radius 2 is 2.15 bits per heavy atom. The molecule has 10 heteroatoms. The molecule has 8 nitrogen and oxygen atoms in total. The monoisotopic (exact) mass is 512 g/mol. The van der Waals surface area contributed by atoms with Gasteiger partial charge < -0.3 is 10.2 Å². The molecule has 1 aromatic rings. The molecule has 0 aromatic carbocycles. The van der Waals surface area contributed by atoms with Crippen molar-refractivity contribution in [3.63, 3.8) is 0 Å². The maximum absolute atomic E-state index is 11.9. The van der Waals surface area contributed by atoms with Gasteiger partial charge in [-0.05, 0) is 18.8 Å². The van der Waals surface area contributed by atoms with Crippen LogP contribution in [0.3, 0.4) is 0 Å². The van der Waals surface area contributed by atoms with Crippen molar-refractivity contribution in [2.75, 3.05) is 33.4 Å². The molecule has 27 heavy (non-hydrogen) atoms. The quantitative estimate of drug-likeness (QED) is 0.356. The van der Waals surface area contributed by atoms with Crippen LogP contribution in [0.1, 0.15) is 43.9 Å². The van der Waals surface area contributed by atoms with Gasteiger partial charge in [-0.2, -0.15) is 9.40 Å². The molecular formula is C17H33IN6O2S. The van der Waals surface area contributed by atoms with E-state index in [0.717, 1.165) is 24.5 Å². The summed E-state index contributed by atoms with van der Waals surface area (Å²) in [4.78, 5) is 6.39. The molecule has 1 atom stereocenters. The summed E-state index contributed by atoms with van der Waals surface area (Å²) in [7, 11) is 2.50. The van der Waals surface area contributed by atoms with Gasteiger partial charge in [0.2, 0.25) is 10.0 Å². The zero-order valence-electron chi connectivity index (χ0n) is 17.1. The summed E-state index contributed by atoms with van der Waals surface area (Å²) in [6, 6.07) is -0.0141. The van der Waals surface area contributed by atoms with Crippen molar-refractivity contribution in [2.45, 2.75) is 45.2 Å². The van der Waals surface area contributed by atoms with Crippen molar-refractivity contribution in [1.82, 2.24) is 24.3 Å². The summed E-state index contributed by atoms with van der Waals surface area (Å²) in [5, 5.41) is 7.88. The molecule has 1 fully saturated rings. The van der Waals surface area contributed by atoms with E-state index in [2.05, 4.69) is 29.3 Å². The SMILES string of the molecule is CN=C(NC[C@H]1CCCN1S(C)(=O)=O)N(C)Cc1cn(C)nc1C(C)C.I. The molecule has 1 aliphatic rings. The number of aliphatic imine (C=N–C) groups is 1. The molecule has 1 saturated heterocycles. The molecule has 0 amide bonds. The number of hydrogen-bond acceptors (Lipinski definition) is 4. The van der Waals surface area contributed by atoms with Crippen molar-refractivity contribution in [1.29, 1.82) is 0 Å². The first kappa shape index (κ1) is 24.2. The minimum atomic E-state index is -3.16. The Morgan fingerprint density at radius 1 is 1.48 bits per heavy atom. The highest BCUT2D eigenvalue weighted by Crippen LogP contribution is 2.20. The Balaban J connectivity index is 0.00000364. The first-order chi connectivity index (χ1) is 12.1. The van der Waals surface area contributed by atoms with E-state index < -0.39 is 10.0 Å². The summed E-state index contributed by atoms with van der Waals surface area (Å²) in [5.74, 6) is 1.11. The molecule has 156 valence electrons. The standard InChI is InChI=1S/C17H32N6O2S.HI/c1-13(2)16-14(12-22(5)20-16)11-21(4)17(18-3)19-10-15-8-7-9-23(15)26(6,24)25;/h12-13,15H,7-11H2,1-6H3,(H,18,19);1H/t15-;/m1./s1. The van der Waals surface area contributed by atoms with Crippen molar-refractivity contribution < 1.29 is 8.42 Å². The van der Waals surface area contributed by atoms with Crippen LogP contribution < -0.4 is 5.32 Å². The second-order valence-electron chi connectivity index (χ2n) is 7.32. The lowest BCUT2D eigenvalue weighted by Gasteiger charge is -2.26. The molecule has 0 bridgehead atoms. The second-order valence-corrected chi connectivity index (χ2v) is 9.26. The van der Waals surface area contributed by atoms with Crippen LogP contribution in [0.25, 0.3) is 0 Å². The highest BCUT2D eigenvalue weighted by atomic mass is 127. The highest BCUT2D eigenvalue weighted by Gasteiger charge is 2.31. The number of rotatable bonds is 6. The van der Waals surface area contributed by atoms with Gasteiger partial charge in [-0.3, -0.25) is 9.67 Å². The Labute approximate surface area is 180 Å². The molecule has 1 N–H and O–H groups in total. The minimum absolute atomic E-state index is 0. The number of guanidine groups is 1. The van der Waals surface area contributed by atoms with Gasteiger partial charge in [0.1, 0.15) is 0 Å². The number of nitrogens with zero attached hydrogens (tertiary/aromatic N) is 5. The molecule has 1 aliphatic heterocycles. The van der Waals surface area contributed by atoms with E-state index >= 15 is 0 Å². The number of aryl methyl sites for hydroxylation is 1. The van der Waals surface area contributed by atoms with Crippen LogP contribution in [0, 0.1) is 0 Å². The van der Waals surface area contributed by atoms with E-state index in [1.807, 2.05) is 29.9 Å². The summed E-state index contributed by atoms with van der Waals surface area (Å²) in [5.41, 5.74) is 2.26. The van der Waals surface area contributed by atoms with Crippen LogP contribution in [-0.2, 0) is 23.6 Å². The predicted octanol–water partition coefficient (Wildman–Crippen LogP) is 1.59. The molecule has 2 heterocycles. The van der Waals surface area contributed by atoms with Gasteiger partial charge >= 0.3 is 0 Å². The number of aromatic nitrogens is 2. The largest absolute Gasteiger partial charge is 0.355 e. The van der Waals surface area contributed by atoms with Gasteiger partial charge in [0, 0.05) is 58.6 Å². The van der Waals surface area contributed by atoms with Gasteiger partial charge in [-0.15, -0.1) is 24.0 Å². The third-order valence-electron chi connectivity index (χ3n) is 4.71. The van der Waals surface area contributed by atoms with E-state index in [0.29, 0.717) is 25.6 Å². The van der Waals surface area contributed by atoms with Gasteiger partial charge in [-0.1, -0.05) is 13.8 Å². The number of nitrogens with one attached hydrogen (secondary N) is 1. The average molecular weight is 512 g/mol. The van der Waals surface area contributed by atoms with Gasteiger partial charge in [0.05, 0.1) is 11.9 Å². The molecule has 1 aromatic heterocycles. The van der Waals surface area contributed by atoms with Crippen molar-refractivity contribution in [3.8, 4) is 0 Å². The molecule has 2 rings (SSSR count). The Kier molecular flexibility index (Phi) is 9.00. The number of hydrogen-bond donors (Lipinski definition) is 1. The van der Waals surface area contributed by atoms with Crippen LogP contribution in [0.2, 0.25) is 0 Å². The average Bonchev–Trinajstić information content (AvgIpc) is 3.14. The first-order valence-electron chi connectivity index (χ1n) is 9.04. The Bertz CT molecular complexity index is 747. The van der Waals surface area contributed by atoms with Crippen LogP contribution in [0.5, 0.6) is 0 Å². The molecule has 0 aliphatic carbocycles. The zero-order valence-corrected chi connectivity index (χ0v) is 20.3. The van der Waals surface area contributed by atoms with Crippen molar-refractivity contribution in [3.05, 3.63) is 17.5 Å². The highest BCUT2D eigenvalue weighted by molar-refractivity contribution is 14.0. The maximum Gasteiger partial charge on any atom is 0.211 e. The summed E-state index contributed by atoms with van der Waals surface area (Å²) in [6.07, 6.45) is 5.10. The lowest BCUT2D eigenvalue weighted by atomic mass is 10.1. The van der Waals surface area contributed by atoms with Crippen LogP contribution in [-0.4, -0.2) is 72.8 Å². The van der Waals surface area contributed by atoms with Crippen LogP contribution in [0.15, 0.2) is 11.2 Å². The lowest BCUT2D eigenvalue weighted by molar-refractivity contribution is 0.380. The fourth-order valence-corrected chi connectivity index (χ4v) is 4.72. The Morgan fingerprint density at radius 3 is 2.70 bits per heavy atom. The normalized spacial score (nSPS) is 18.6. The summed E-state index contributed by atoms with van der Waals surface area (Å²) in [6.45, 7) is 6.14. The van der Waals surface area contributed by atoms with E-state index in [4.69, 9.17) is 0 Å². The molecular weight excluding hydrogens is 479 g/mol. The van der Waals surface area contributed by atoms with Gasteiger partial charge in [0.25, 0.3) is 0 Å². The van der Waals surface area contributed by atoms with E-state index in [1.54, 1.807) is 11.4 Å². The fourth-order valence-electron chi connectivity index (χ4n) is 3.54. The molecule has 0 unspecified atom stereocenters. The summed E-state index contributed by atoms with van der Waals surface area (Å²) < 4.78 is 27.2. The van der Waals surface area contributed by atoms with Gasteiger partial charge in [0.15, 0.2) is 5.96 Å². The van der Waals surface area contributed by atoms with E-state index in [9.17, 15) is 8.42 Å².